The van der Waals surface area contributed by atoms with Gasteiger partial charge in [-0.15, -0.1) is 24.8 Å². The molecular formula is C20H36Cl2N4O2. The monoisotopic (exact) mass is 434 g/mol. The largest absolute Gasteiger partial charge is 0.352 e. The number of amides is 2. The van der Waals surface area contributed by atoms with Gasteiger partial charge in [-0.05, 0) is 43.9 Å². The molecule has 4 fully saturated rings. The fraction of sp³-hybridized carbons (Fsp3) is 0.900. The molecule has 0 aromatic heterocycles. The van der Waals surface area contributed by atoms with E-state index in [1.165, 1.54) is 32.1 Å². The van der Waals surface area contributed by atoms with Crippen LogP contribution in [0.3, 0.4) is 0 Å². The van der Waals surface area contributed by atoms with E-state index in [1.54, 1.807) is 0 Å². The number of rotatable bonds is 4. The number of carbonyl (C=O) groups excluding carboxylic acids is 2. The Hall–Kier alpha value is -0.560. The molecule has 162 valence electrons. The van der Waals surface area contributed by atoms with Crippen molar-refractivity contribution in [1.29, 1.82) is 0 Å². The predicted molar refractivity (Wildman–Crippen MR) is 115 cm³/mol. The molecule has 8 heteroatoms. The minimum absolute atomic E-state index is 0. The molecule has 1 heterocycles. The van der Waals surface area contributed by atoms with Gasteiger partial charge in [0.2, 0.25) is 11.8 Å². The van der Waals surface area contributed by atoms with Crippen LogP contribution in [0.1, 0.15) is 51.4 Å². The van der Waals surface area contributed by atoms with E-state index >= 15 is 0 Å². The summed E-state index contributed by atoms with van der Waals surface area (Å²) in [6, 6.07) is 0.443. The fourth-order valence-corrected chi connectivity index (χ4v) is 5.76. The molecule has 3 N–H and O–H groups in total. The third-order valence-electron chi connectivity index (χ3n) is 7.29. The van der Waals surface area contributed by atoms with E-state index in [-0.39, 0.29) is 48.6 Å². The molecule has 4 aliphatic rings. The van der Waals surface area contributed by atoms with Crippen molar-refractivity contribution in [3.8, 4) is 0 Å². The molecule has 0 aromatic rings. The summed E-state index contributed by atoms with van der Waals surface area (Å²) < 4.78 is 0. The molecule has 0 radical (unpaired) electrons. The first-order valence-electron chi connectivity index (χ1n) is 10.7. The second-order valence-electron chi connectivity index (χ2n) is 8.94. The van der Waals surface area contributed by atoms with Crippen LogP contribution in [0.25, 0.3) is 0 Å². The number of fused-ring (bicyclic) bond motifs is 2. The van der Waals surface area contributed by atoms with E-state index in [1.807, 2.05) is 4.90 Å². The summed E-state index contributed by atoms with van der Waals surface area (Å²) in [5, 5.41) is 3.19. The van der Waals surface area contributed by atoms with Gasteiger partial charge < -0.3 is 16.0 Å². The molecule has 4 atom stereocenters. The van der Waals surface area contributed by atoms with Crippen LogP contribution in [0.5, 0.6) is 0 Å². The number of nitrogens with zero attached hydrogens (tertiary/aromatic N) is 2. The van der Waals surface area contributed by atoms with Gasteiger partial charge in [-0.25, -0.2) is 0 Å². The Balaban J connectivity index is 0.00000140. The number of piperazine rings is 1. The van der Waals surface area contributed by atoms with E-state index in [2.05, 4.69) is 10.2 Å². The van der Waals surface area contributed by atoms with Gasteiger partial charge in [0.25, 0.3) is 0 Å². The predicted octanol–water partition coefficient (Wildman–Crippen LogP) is 1.80. The lowest BCUT2D eigenvalue weighted by Gasteiger charge is -2.38. The zero-order valence-corrected chi connectivity index (χ0v) is 18.3. The van der Waals surface area contributed by atoms with E-state index in [9.17, 15) is 9.59 Å². The SMILES string of the molecule is Cl.Cl.NC1C2CCC(C2)C1C(=O)N1CCN(CC(=O)NC2CCCCC2)CC1. The van der Waals surface area contributed by atoms with Crippen molar-refractivity contribution in [3.63, 3.8) is 0 Å². The van der Waals surface area contributed by atoms with Crippen LogP contribution in [0.4, 0.5) is 0 Å². The highest BCUT2D eigenvalue weighted by molar-refractivity contribution is 5.85. The third kappa shape index (κ3) is 5.13. The highest BCUT2D eigenvalue weighted by atomic mass is 35.5. The van der Waals surface area contributed by atoms with Gasteiger partial charge in [-0.2, -0.15) is 0 Å². The van der Waals surface area contributed by atoms with E-state index in [0.29, 0.717) is 24.4 Å². The summed E-state index contributed by atoms with van der Waals surface area (Å²) in [4.78, 5) is 29.4. The quantitative estimate of drug-likeness (QED) is 0.706. The highest BCUT2D eigenvalue weighted by Gasteiger charge is 2.50. The minimum atomic E-state index is 0. The van der Waals surface area contributed by atoms with Gasteiger partial charge in [-0.3, -0.25) is 14.5 Å². The van der Waals surface area contributed by atoms with Crippen LogP contribution in [0, 0.1) is 17.8 Å². The van der Waals surface area contributed by atoms with Gasteiger partial charge in [0.1, 0.15) is 0 Å². The summed E-state index contributed by atoms with van der Waals surface area (Å²) in [6.07, 6.45) is 9.55. The number of hydrogen-bond donors (Lipinski definition) is 2. The molecule has 2 bridgehead atoms. The molecule has 3 aliphatic carbocycles. The lowest BCUT2D eigenvalue weighted by atomic mass is 9.84. The fourth-order valence-electron chi connectivity index (χ4n) is 5.76. The number of halogens is 2. The number of nitrogens with two attached hydrogens (primary N) is 1. The molecule has 4 rings (SSSR count). The van der Waals surface area contributed by atoms with Gasteiger partial charge in [0.05, 0.1) is 12.5 Å². The van der Waals surface area contributed by atoms with Gasteiger partial charge in [0, 0.05) is 38.3 Å². The van der Waals surface area contributed by atoms with Crippen molar-refractivity contribution < 1.29 is 9.59 Å². The molecule has 0 aromatic carbocycles. The maximum absolute atomic E-state index is 12.9. The molecule has 28 heavy (non-hydrogen) atoms. The number of carbonyl (C=O) groups is 2. The highest BCUT2D eigenvalue weighted by Crippen LogP contribution is 2.48. The maximum atomic E-state index is 12.9. The van der Waals surface area contributed by atoms with Gasteiger partial charge in [0.15, 0.2) is 0 Å². The summed E-state index contributed by atoms with van der Waals surface area (Å²) in [5.74, 6) is 1.55. The Morgan fingerprint density at radius 3 is 2.14 bits per heavy atom. The molecule has 3 saturated carbocycles. The molecule has 1 aliphatic heterocycles. The molecule has 1 saturated heterocycles. The first-order valence-corrected chi connectivity index (χ1v) is 10.7. The zero-order chi connectivity index (χ0) is 18.1. The van der Waals surface area contributed by atoms with Gasteiger partial charge >= 0.3 is 0 Å². The van der Waals surface area contributed by atoms with Gasteiger partial charge in [-0.1, -0.05) is 19.3 Å². The van der Waals surface area contributed by atoms with Crippen LogP contribution in [0.2, 0.25) is 0 Å². The van der Waals surface area contributed by atoms with Crippen LogP contribution < -0.4 is 11.1 Å². The second-order valence-corrected chi connectivity index (χ2v) is 8.94. The minimum Gasteiger partial charge on any atom is -0.352 e. The first kappa shape index (κ1) is 23.7. The second kappa shape index (κ2) is 10.5. The van der Waals surface area contributed by atoms with Crippen molar-refractivity contribution in [2.75, 3.05) is 32.7 Å². The standard InChI is InChI=1S/C20H34N4O2.2ClH/c21-19-15-7-6-14(12-15)18(19)20(26)24-10-8-23(9-11-24)13-17(25)22-16-4-2-1-3-5-16;;/h14-16,18-19H,1-13,21H2,(H,22,25);2*1H. The summed E-state index contributed by atoms with van der Waals surface area (Å²) in [7, 11) is 0. The Morgan fingerprint density at radius 2 is 1.54 bits per heavy atom. The van der Waals surface area contributed by atoms with Crippen molar-refractivity contribution in [2.45, 2.75) is 63.5 Å². The molecule has 4 unspecified atom stereocenters. The summed E-state index contributed by atoms with van der Waals surface area (Å²) >= 11 is 0. The average molecular weight is 435 g/mol. The van der Waals surface area contributed by atoms with Crippen molar-refractivity contribution in [1.82, 2.24) is 15.1 Å². The summed E-state index contributed by atoms with van der Waals surface area (Å²) in [6.45, 7) is 3.51. The van der Waals surface area contributed by atoms with Crippen molar-refractivity contribution in [3.05, 3.63) is 0 Å². The third-order valence-corrected chi connectivity index (χ3v) is 7.29. The zero-order valence-electron chi connectivity index (χ0n) is 16.7. The smallest absolute Gasteiger partial charge is 0.234 e. The van der Waals surface area contributed by atoms with Crippen LogP contribution in [-0.4, -0.2) is 66.4 Å². The van der Waals surface area contributed by atoms with Crippen molar-refractivity contribution >= 4 is 36.6 Å². The Kier molecular flexibility index (Phi) is 8.86. The Labute approximate surface area is 181 Å². The topological polar surface area (TPSA) is 78.7 Å². The number of hydrogen-bond acceptors (Lipinski definition) is 4. The summed E-state index contributed by atoms with van der Waals surface area (Å²) in [5.41, 5.74) is 6.34. The Morgan fingerprint density at radius 1 is 0.893 bits per heavy atom. The first-order chi connectivity index (χ1) is 12.6. The molecule has 0 spiro atoms. The number of nitrogens with one attached hydrogen (secondary N) is 1. The van der Waals surface area contributed by atoms with E-state index < -0.39 is 0 Å². The van der Waals surface area contributed by atoms with Crippen LogP contribution in [-0.2, 0) is 9.59 Å². The molecule has 2 amide bonds. The molecule has 6 nitrogen and oxygen atoms in total. The maximum Gasteiger partial charge on any atom is 0.234 e. The lowest BCUT2D eigenvalue weighted by molar-refractivity contribution is -0.139. The normalized spacial score (nSPS) is 33.1. The van der Waals surface area contributed by atoms with Crippen LogP contribution >= 0.6 is 24.8 Å². The van der Waals surface area contributed by atoms with E-state index in [0.717, 1.165) is 45.4 Å². The van der Waals surface area contributed by atoms with E-state index in [4.69, 9.17) is 5.73 Å². The average Bonchev–Trinajstić information content (AvgIpc) is 3.24. The van der Waals surface area contributed by atoms with Crippen LogP contribution in [0.15, 0.2) is 0 Å². The Bertz CT molecular complexity index is 534. The molecular weight excluding hydrogens is 399 g/mol. The lowest BCUT2D eigenvalue weighted by Crippen LogP contribution is -2.55. The van der Waals surface area contributed by atoms with Crippen molar-refractivity contribution in [2.24, 2.45) is 23.5 Å².